The van der Waals surface area contributed by atoms with Crippen LogP contribution in [0.25, 0.3) is 33.7 Å². The van der Waals surface area contributed by atoms with Crippen molar-refractivity contribution < 1.29 is 18.1 Å². The van der Waals surface area contributed by atoms with Gasteiger partial charge in [0.2, 0.25) is 11.4 Å². The van der Waals surface area contributed by atoms with Crippen molar-refractivity contribution in [3.8, 4) is 0 Å². The van der Waals surface area contributed by atoms with Gasteiger partial charge >= 0.3 is 0 Å². The second kappa shape index (κ2) is 12.3. The molecule has 5 aromatic carbocycles. The van der Waals surface area contributed by atoms with Gasteiger partial charge in [0.15, 0.2) is 18.1 Å². The normalized spacial score (nSPS) is 21.7. The van der Waals surface area contributed by atoms with Crippen molar-refractivity contribution in [3.05, 3.63) is 124 Å². The molecule has 5 aromatic rings. The van der Waals surface area contributed by atoms with E-state index in [-0.39, 0.29) is 10.8 Å². The van der Waals surface area contributed by atoms with Crippen LogP contribution in [0.5, 0.6) is 0 Å². The van der Waals surface area contributed by atoms with Crippen LogP contribution in [0.3, 0.4) is 0 Å². The molecule has 0 fully saturated rings. The Hall–Kier alpha value is -4.84. The molecule has 4 aliphatic rings. The molecule has 0 radical (unpaired) electrons. The van der Waals surface area contributed by atoms with E-state index in [2.05, 4.69) is 195 Å². The fraction of sp³-hybridized carbons (Fsp3) is 0.373. The molecule has 4 aliphatic heterocycles. The Kier molecular flexibility index (Phi) is 8.10. The molecule has 0 aliphatic carbocycles. The third-order valence-electron chi connectivity index (χ3n) is 13.8. The minimum Gasteiger partial charge on any atom is -0.327 e. The van der Waals surface area contributed by atoms with Crippen LogP contribution >= 0.6 is 0 Å². The lowest BCUT2D eigenvalue weighted by atomic mass is 9.77. The molecule has 0 saturated heterocycles. The van der Waals surface area contributed by atoms with Crippen molar-refractivity contribution in [1.29, 1.82) is 0 Å². The smallest absolute Gasteiger partial charge is 0.210 e. The van der Waals surface area contributed by atoms with Crippen LogP contribution in [0.1, 0.15) is 79.5 Å². The monoisotopic (exact) mass is 743 g/mol. The van der Waals surface area contributed by atoms with Crippen LogP contribution in [0.4, 0.5) is 17.1 Å². The maximum absolute atomic E-state index is 2.49. The number of likely N-dealkylation sites (N-methyl/N-ethyl adjacent to an activating group) is 1. The lowest BCUT2D eigenvalue weighted by Gasteiger charge is -2.41. The van der Waals surface area contributed by atoms with Gasteiger partial charge in [-0.3, -0.25) is 0 Å². The molecule has 56 heavy (non-hydrogen) atoms. The Labute approximate surface area is 335 Å². The molecule has 0 bridgehead atoms. The fourth-order valence-corrected chi connectivity index (χ4v) is 11.5. The van der Waals surface area contributed by atoms with Crippen LogP contribution in [-0.2, 0) is 23.9 Å². The van der Waals surface area contributed by atoms with E-state index in [0.717, 1.165) is 28.7 Å². The van der Waals surface area contributed by atoms with Crippen molar-refractivity contribution in [1.82, 2.24) is 0 Å². The first kappa shape index (κ1) is 36.8. The van der Waals surface area contributed by atoms with Gasteiger partial charge in [0.25, 0.3) is 0 Å². The summed E-state index contributed by atoms with van der Waals surface area (Å²) in [5.41, 5.74) is 16.2. The van der Waals surface area contributed by atoms with E-state index < -0.39 is 0 Å². The van der Waals surface area contributed by atoms with E-state index in [1.807, 2.05) is 0 Å². The highest BCUT2D eigenvalue weighted by Gasteiger charge is 2.50. The summed E-state index contributed by atoms with van der Waals surface area (Å²) in [5, 5.41) is 5.44. The predicted molar refractivity (Wildman–Crippen MR) is 238 cm³/mol. The first-order valence-corrected chi connectivity index (χ1v) is 20.6. The fourth-order valence-electron chi connectivity index (χ4n) is 11.5. The van der Waals surface area contributed by atoms with Crippen LogP contribution in [0.2, 0.25) is 0 Å². The number of quaternary nitrogens is 2. The Bertz CT molecular complexity index is 2460. The quantitative estimate of drug-likeness (QED) is 0.132. The van der Waals surface area contributed by atoms with Crippen LogP contribution < -0.4 is 4.90 Å². The minimum atomic E-state index is -0.159. The summed E-state index contributed by atoms with van der Waals surface area (Å²) in [6.45, 7) is 16.3. The van der Waals surface area contributed by atoms with E-state index in [4.69, 9.17) is 0 Å². The third kappa shape index (κ3) is 5.56. The van der Waals surface area contributed by atoms with Crippen molar-refractivity contribution in [2.45, 2.75) is 64.5 Å². The molecule has 1 unspecified atom stereocenters. The van der Waals surface area contributed by atoms with Crippen molar-refractivity contribution >= 4 is 62.2 Å². The summed E-state index contributed by atoms with van der Waals surface area (Å²) >= 11 is 0. The molecule has 0 amide bonds. The summed E-state index contributed by atoms with van der Waals surface area (Å²) in [4.78, 5) is 2.45. The van der Waals surface area contributed by atoms with Gasteiger partial charge in [-0.15, -0.1) is 0 Å². The topological polar surface area (TPSA) is 9.26 Å². The third-order valence-corrected chi connectivity index (χ3v) is 13.8. The van der Waals surface area contributed by atoms with Gasteiger partial charge in [-0.1, -0.05) is 55.5 Å². The molecule has 5 heteroatoms. The number of rotatable bonds is 4. The molecule has 286 valence electrons. The first-order chi connectivity index (χ1) is 26.4. The van der Waals surface area contributed by atoms with E-state index in [1.165, 1.54) is 90.0 Å². The summed E-state index contributed by atoms with van der Waals surface area (Å²) in [5.74, 6) is 0.538. The molecule has 0 spiro atoms. The van der Waals surface area contributed by atoms with E-state index in [9.17, 15) is 0 Å². The molecular formula is C51H61N5+4. The Morgan fingerprint density at radius 1 is 0.625 bits per heavy atom. The molecular weight excluding hydrogens is 683 g/mol. The zero-order valence-corrected chi connectivity index (χ0v) is 35.9. The minimum absolute atomic E-state index is 0.155. The zero-order valence-electron chi connectivity index (χ0n) is 35.9. The summed E-state index contributed by atoms with van der Waals surface area (Å²) in [7, 11) is 16.2. The zero-order chi connectivity index (χ0) is 39.7. The maximum atomic E-state index is 2.49. The molecule has 5 nitrogen and oxygen atoms in total. The second-order valence-electron chi connectivity index (χ2n) is 19.9. The lowest BCUT2D eigenvalue weighted by Crippen LogP contribution is -2.50. The Morgan fingerprint density at radius 2 is 1.09 bits per heavy atom. The van der Waals surface area contributed by atoms with Gasteiger partial charge in [0.05, 0.1) is 51.3 Å². The van der Waals surface area contributed by atoms with Gasteiger partial charge in [0, 0.05) is 64.9 Å². The predicted octanol–water partition coefficient (Wildman–Crippen LogP) is 10.1. The van der Waals surface area contributed by atoms with Gasteiger partial charge < -0.3 is 13.9 Å². The van der Waals surface area contributed by atoms with Gasteiger partial charge in [0.1, 0.15) is 27.2 Å². The standard InChI is InChI=1S/C51H61N5/c1-33-29-55(9,10)30-36-25-34(38-17-13-15-19-40(38)48(33)36)21-23-46-50(2,3)42-27-45-43(28-44(42)53(46)7)51(4,5)47(54(45)8)24-22-35-26-37-31-56(11,12)32-52(6)49(37)41-20-16-14-18-39(35)41/h13-28,33H,29-32H2,1-12H3/q+4. The van der Waals surface area contributed by atoms with Gasteiger partial charge in [-0.05, 0) is 84.8 Å². The molecule has 1 atom stereocenters. The van der Waals surface area contributed by atoms with Crippen LogP contribution in [-0.4, -0.2) is 92.1 Å². The van der Waals surface area contributed by atoms with Crippen LogP contribution in [0.15, 0.2) is 84.9 Å². The van der Waals surface area contributed by atoms with Crippen molar-refractivity contribution in [2.75, 3.05) is 67.4 Å². The maximum Gasteiger partial charge on any atom is 0.210 e. The molecule has 0 saturated carbocycles. The summed E-state index contributed by atoms with van der Waals surface area (Å²) in [6.07, 6.45) is 9.57. The highest BCUT2D eigenvalue weighted by Crippen LogP contribution is 2.49. The van der Waals surface area contributed by atoms with E-state index >= 15 is 0 Å². The van der Waals surface area contributed by atoms with Crippen molar-refractivity contribution in [3.63, 3.8) is 0 Å². The van der Waals surface area contributed by atoms with Crippen LogP contribution in [0, 0.1) is 0 Å². The van der Waals surface area contributed by atoms with Crippen molar-refractivity contribution in [2.24, 2.45) is 0 Å². The number of fused-ring (bicyclic) bond motifs is 8. The second-order valence-corrected chi connectivity index (χ2v) is 19.9. The highest BCUT2D eigenvalue weighted by atomic mass is 15.4. The van der Waals surface area contributed by atoms with E-state index in [0.29, 0.717) is 5.92 Å². The Morgan fingerprint density at radius 3 is 1.64 bits per heavy atom. The number of allylic oxidation sites excluding steroid dienone is 2. The highest BCUT2D eigenvalue weighted by molar-refractivity contribution is 6.10. The molecule has 0 aromatic heterocycles. The SMILES string of the molecule is CC1C[N+](C)(C)Cc2cc(C=CC3=[N+](C)c4cc5c(cc4C3(C)C)[N+](C)=C(C=Cc3cc4c(c6ccccc36)N(C)C[N+](C)(C)C4)C5(C)C)c3ccccc3c21. The molecule has 0 N–H and O–H groups in total. The molecule has 9 rings (SSSR count). The number of nitrogens with zero attached hydrogens (tertiary/aromatic N) is 5. The van der Waals surface area contributed by atoms with E-state index in [1.54, 1.807) is 5.56 Å². The van der Waals surface area contributed by atoms with Gasteiger partial charge in [-0.25, -0.2) is 0 Å². The number of hydrogen-bond acceptors (Lipinski definition) is 1. The average molecular weight is 744 g/mol. The number of hydrogen-bond donors (Lipinski definition) is 0. The molecule has 4 heterocycles. The lowest BCUT2D eigenvalue weighted by molar-refractivity contribution is -0.907. The summed E-state index contributed by atoms with van der Waals surface area (Å²) < 4.78 is 6.89. The first-order valence-electron chi connectivity index (χ1n) is 20.6. The largest absolute Gasteiger partial charge is 0.327 e. The number of anilines is 1. The number of benzene rings is 5. The van der Waals surface area contributed by atoms with Gasteiger partial charge in [-0.2, -0.15) is 9.15 Å². The Balaban J connectivity index is 1.08. The average Bonchev–Trinajstić information content (AvgIpc) is 3.42. The summed E-state index contributed by atoms with van der Waals surface area (Å²) in [6, 6.07) is 27.9.